The lowest BCUT2D eigenvalue weighted by atomic mass is 10.0. The van der Waals surface area contributed by atoms with Gasteiger partial charge in [0, 0.05) is 12.2 Å². The Balaban J connectivity index is 5.47. The van der Waals surface area contributed by atoms with E-state index < -0.39 is 20.3 Å². The number of unbranched alkanes of at least 4 members (excludes halogenated alkanes) is 3. The van der Waals surface area contributed by atoms with E-state index in [2.05, 4.69) is 48.5 Å². The zero-order chi connectivity index (χ0) is 19.0. The standard InChI is InChI=1S/C19H36O4Si/c1-8-9-10-11-14-19(6,7)24(15(2)3,16(4)5)23-18(22)13-12-17(20)21/h12-13,15-16H,8-11,14H2,1-7H3,(H,20,21)/b13-12-. The minimum Gasteiger partial charge on any atom is -0.515 e. The maximum Gasteiger partial charge on any atom is 0.328 e. The number of hydrogen-bond acceptors (Lipinski definition) is 3. The van der Waals surface area contributed by atoms with Gasteiger partial charge in [-0.25, -0.2) is 9.59 Å². The molecule has 0 heterocycles. The summed E-state index contributed by atoms with van der Waals surface area (Å²) in [5.74, 6) is -1.65. The molecule has 0 rings (SSSR count). The van der Waals surface area contributed by atoms with Gasteiger partial charge in [0.05, 0.1) is 0 Å². The third-order valence-electron chi connectivity index (χ3n) is 5.06. The maximum atomic E-state index is 12.3. The van der Waals surface area contributed by atoms with Crippen molar-refractivity contribution < 1.29 is 19.1 Å². The van der Waals surface area contributed by atoms with Crippen LogP contribution in [-0.4, -0.2) is 25.4 Å². The fourth-order valence-corrected chi connectivity index (χ4v) is 10.3. The summed E-state index contributed by atoms with van der Waals surface area (Å²) in [6, 6.07) is 0. The van der Waals surface area contributed by atoms with Crippen LogP contribution in [0.4, 0.5) is 0 Å². The van der Waals surface area contributed by atoms with Crippen molar-refractivity contribution in [1.29, 1.82) is 0 Å². The van der Waals surface area contributed by atoms with Gasteiger partial charge >= 0.3 is 11.9 Å². The highest BCUT2D eigenvalue weighted by atomic mass is 28.4. The van der Waals surface area contributed by atoms with Gasteiger partial charge in [-0.05, 0) is 22.5 Å². The lowest BCUT2D eigenvalue weighted by Gasteiger charge is -2.49. The van der Waals surface area contributed by atoms with Gasteiger partial charge in [0.25, 0.3) is 8.32 Å². The molecule has 0 bridgehead atoms. The molecule has 0 aromatic carbocycles. The van der Waals surface area contributed by atoms with E-state index in [-0.39, 0.29) is 16.1 Å². The molecule has 0 aliphatic heterocycles. The van der Waals surface area contributed by atoms with Crippen molar-refractivity contribution in [1.82, 2.24) is 0 Å². The smallest absolute Gasteiger partial charge is 0.328 e. The summed E-state index contributed by atoms with van der Waals surface area (Å²) in [5, 5.41) is 8.66. The van der Waals surface area contributed by atoms with Gasteiger partial charge in [-0.15, -0.1) is 0 Å². The van der Waals surface area contributed by atoms with Crippen LogP contribution in [0.15, 0.2) is 12.2 Å². The van der Waals surface area contributed by atoms with Crippen molar-refractivity contribution in [3.8, 4) is 0 Å². The molecule has 0 spiro atoms. The van der Waals surface area contributed by atoms with Crippen LogP contribution in [0.2, 0.25) is 16.1 Å². The second-order valence-electron chi connectivity index (χ2n) is 7.89. The second kappa shape index (κ2) is 10.0. The predicted molar refractivity (Wildman–Crippen MR) is 102 cm³/mol. The molecular formula is C19H36O4Si. The van der Waals surface area contributed by atoms with Gasteiger partial charge in [-0.3, -0.25) is 0 Å². The lowest BCUT2D eigenvalue weighted by Crippen LogP contribution is -2.54. The summed E-state index contributed by atoms with van der Waals surface area (Å²) in [5.41, 5.74) is 0.529. The van der Waals surface area contributed by atoms with Crippen molar-refractivity contribution in [2.24, 2.45) is 0 Å². The van der Waals surface area contributed by atoms with Crippen LogP contribution in [0, 0.1) is 0 Å². The highest BCUT2D eigenvalue weighted by Crippen LogP contribution is 2.54. The average molecular weight is 357 g/mol. The minimum atomic E-state index is -2.47. The molecule has 0 saturated carbocycles. The zero-order valence-corrected chi connectivity index (χ0v) is 17.5. The van der Waals surface area contributed by atoms with E-state index in [1.165, 1.54) is 19.3 Å². The van der Waals surface area contributed by atoms with Crippen molar-refractivity contribution in [2.45, 2.75) is 96.7 Å². The molecule has 5 heteroatoms. The fourth-order valence-electron chi connectivity index (χ4n) is 4.13. The molecule has 4 nitrogen and oxygen atoms in total. The molecule has 0 aromatic heterocycles. The largest absolute Gasteiger partial charge is 0.515 e. The molecule has 0 radical (unpaired) electrons. The molecule has 0 fully saturated rings. The summed E-state index contributed by atoms with van der Waals surface area (Å²) >= 11 is 0. The van der Waals surface area contributed by atoms with Gasteiger partial charge in [0.2, 0.25) is 0 Å². The first-order valence-corrected chi connectivity index (χ1v) is 11.2. The number of rotatable bonds is 11. The molecule has 0 aliphatic rings. The molecule has 0 amide bonds. The van der Waals surface area contributed by atoms with E-state index in [1.54, 1.807) is 0 Å². The van der Waals surface area contributed by atoms with Gasteiger partial charge in [-0.1, -0.05) is 74.1 Å². The first-order chi connectivity index (χ1) is 11.0. The van der Waals surface area contributed by atoms with E-state index >= 15 is 0 Å². The SMILES string of the molecule is CCCCCCC(C)(C)[Si](OC(=O)/C=C\C(=O)O)(C(C)C)C(C)C. The van der Waals surface area contributed by atoms with Crippen molar-refractivity contribution in [2.75, 3.05) is 0 Å². The number of carbonyl (C=O) groups excluding carboxylic acids is 1. The van der Waals surface area contributed by atoms with Gasteiger partial charge in [0.15, 0.2) is 0 Å². The highest BCUT2D eigenvalue weighted by Gasteiger charge is 2.56. The number of carboxylic acids is 1. The Morgan fingerprint density at radius 1 is 1.04 bits per heavy atom. The average Bonchev–Trinajstić information content (AvgIpc) is 2.46. The third kappa shape index (κ3) is 6.08. The lowest BCUT2D eigenvalue weighted by molar-refractivity contribution is -0.133. The van der Waals surface area contributed by atoms with Crippen molar-refractivity contribution in [3.63, 3.8) is 0 Å². The topological polar surface area (TPSA) is 63.6 Å². The van der Waals surface area contributed by atoms with Crippen molar-refractivity contribution in [3.05, 3.63) is 12.2 Å². The monoisotopic (exact) mass is 356 g/mol. The Morgan fingerprint density at radius 3 is 2.00 bits per heavy atom. The summed E-state index contributed by atoms with van der Waals surface area (Å²) < 4.78 is 6.08. The molecule has 1 N–H and O–H groups in total. The highest BCUT2D eigenvalue weighted by molar-refractivity contribution is 6.80. The van der Waals surface area contributed by atoms with Gasteiger partial charge < -0.3 is 9.53 Å². The van der Waals surface area contributed by atoms with Crippen LogP contribution in [0.5, 0.6) is 0 Å². The number of carbonyl (C=O) groups is 2. The van der Waals surface area contributed by atoms with E-state index in [0.717, 1.165) is 25.0 Å². The third-order valence-corrected chi connectivity index (χ3v) is 11.4. The number of carboxylic acid groups (broad SMARTS) is 1. The Kier molecular flexibility index (Phi) is 9.56. The molecular weight excluding hydrogens is 320 g/mol. The first-order valence-electron chi connectivity index (χ1n) is 9.15. The molecule has 0 unspecified atom stereocenters. The zero-order valence-electron chi connectivity index (χ0n) is 16.5. The Labute approximate surface area is 148 Å². The predicted octanol–water partition coefficient (Wildman–Crippen LogP) is 5.69. The maximum absolute atomic E-state index is 12.3. The Hall–Kier alpha value is -1.10. The Morgan fingerprint density at radius 2 is 1.58 bits per heavy atom. The quantitative estimate of drug-likeness (QED) is 0.293. The number of hydrogen-bond donors (Lipinski definition) is 1. The fraction of sp³-hybridized carbons (Fsp3) is 0.789. The van der Waals surface area contributed by atoms with Crippen LogP contribution in [-0.2, 0) is 14.0 Å². The molecule has 0 atom stereocenters. The normalized spacial score (nSPS) is 13.0. The van der Waals surface area contributed by atoms with Gasteiger partial charge in [0.1, 0.15) is 0 Å². The van der Waals surface area contributed by atoms with Crippen LogP contribution in [0.25, 0.3) is 0 Å². The van der Waals surface area contributed by atoms with Crippen LogP contribution in [0.1, 0.15) is 80.6 Å². The molecule has 0 aliphatic carbocycles. The van der Waals surface area contributed by atoms with Crippen LogP contribution < -0.4 is 0 Å². The van der Waals surface area contributed by atoms with E-state index in [0.29, 0.717) is 0 Å². The summed E-state index contributed by atoms with van der Waals surface area (Å²) in [7, 11) is -2.47. The molecule has 0 aromatic rings. The number of aliphatic carboxylic acids is 1. The first kappa shape index (κ1) is 22.9. The van der Waals surface area contributed by atoms with Crippen LogP contribution in [0.3, 0.4) is 0 Å². The summed E-state index contributed by atoms with van der Waals surface area (Å²) in [4.78, 5) is 22.9. The van der Waals surface area contributed by atoms with E-state index in [9.17, 15) is 9.59 Å². The minimum absolute atomic E-state index is 0.0597. The van der Waals surface area contributed by atoms with Gasteiger partial charge in [-0.2, -0.15) is 0 Å². The van der Waals surface area contributed by atoms with E-state index in [4.69, 9.17) is 9.53 Å². The van der Waals surface area contributed by atoms with Crippen molar-refractivity contribution >= 4 is 20.3 Å². The second-order valence-corrected chi connectivity index (χ2v) is 13.3. The molecule has 0 saturated heterocycles. The summed E-state index contributed by atoms with van der Waals surface area (Å²) in [6.45, 7) is 15.2. The molecule has 140 valence electrons. The molecule has 24 heavy (non-hydrogen) atoms. The summed E-state index contributed by atoms with van der Waals surface area (Å²) in [6.07, 6.45) is 7.70. The van der Waals surface area contributed by atoms with E-state index in [1.807, 2.05) is 0 Å². The Bertz CT molecular complexity index is 431. The van der Waals surface area contributed by atoms with Crippen LogP contribution >= 0.6 is 0 Å².